The van der Waals surface area contributed by atoms with Crippen molar-refractivity contribution < 1.29 is 36.6 Å². The molecule has 44 heavy (non-hydrogen) atoms. The molecule has 2 atom stereocenters. The highest BCUT2D eigenvalue weighted by Crippen LogP contribution is 2.30. The topological polar surface area (TPSA) is 106 Å². The number of halogens is 4. The Morgan fingerprint density at radius 3 is 2.50 bits per heavy atom. The number of aromatic nitrogens is 2. The maximum atomic E-state index is 15.0. The van der Waals surface area contributed by atoms with Gasteiger partial charge >= 0.3 is 6.18 Å². The van der Waals surface area contributed by atoms with Gasteiger partial charge in [-0.25, -0.2) is 14.4 Å². The van der Waals surface area contributed by atoms with Crippen molar-refractivity contribution in [3.05, 3.63) is 102 Å². The normalized spacial score (nSPS) is 18.9. The molecule has 0 aliphatic carbocycles. The average molecular weight is 608 g/mol. The summed E-state index contributed by atoms with van der Waals surface area (Å²) in [5.41, 5.74) is 0.595. The van der Waals surface area contributed by atoms with Crippen molar-refractivity contribution >= 4 is 17.8 Å². The van der Waals surface area contributed by atoms with E-state index in [1.165, 1.54) is 23.1 Å². The Kier molecular flexibility index (Phi) is 7.77. The van der Waals surface area contributed by atoms with Gasteiger partial charge < -0.3 is 25.0 Å². The molecule has 0 saturated carbocycles. The molecule has 0 spiro atoms. The number of fused-ring (bicyclic) bond motifs is 7. The molecule has 6 bridgehead atoms. The molecule has 226 valence electrons. The highest BCUT2D eigenvalue weighted by Gasteiger charge is 2.39. The molecule has 0 radical (unpaired) electrons. The maximum Gasteiger partial charge on any atom is 0.433 e. The van der Waals surface area contributed by atoms with Gasteiger partial charge in [-0.15, -0.1) is 0 Å². The number of benzene rings is 3. The lowest BCUT2D eigenvalue weighted by atomic mass is 10.0. The van der Waals surface area contributed by atoms with Crippen LogP contribution in [0.3, 0.4) is 0 Å². The first-order valence-electron chi connectivity index (χ1n) is 13.6. The molecule has 3 aromatic carbocycles. The van der Waals surface area contributed by atoms with E-state index in [-0.39, 0.29) is 43.7 Å². The number of hydrogen-bond donors (Lipinski definition) is 2. The van der Waals surface area contributed by atoms with Gasteiger partial charge in [-0.1, -0.05) is 30.3 Å². The van der Waals surface area contributed by atoms with Crippen LogP contribution in [0.1, 0.15) is 21.6 Å². The Labute approximate surface area is 248 Å². The molecule has 1 aromatic heterocycles. The molecular weight excluding hydrogens is 582 g/mol. The summed E-state index contributed by atoms with van der Waals surface area (Å²) in [6, 6.07) is 17.7. The second-order valence-electron chi connectivity index (χ2n) is 10.3. The summed E-state index contributed by atoms with van der Waals surface area (Å²) >= 11 is 0. The number of carbonyl (C=O) groups excluding carboxylic acids is 2. The highest BCUT2D eigenvalue weighted by molar-refractivity contribution is 5.96. The number of amides is 2. The van der Waals surface area contributed by atoms with Crippen molar-refractivity contribution in [2.24, 2.45) is 0 Å². The smallest absolute Gasteiger partial charge is 0.433 e. The molecule has 4 aromatic rings. The van der Waals surface area contributed by atoms with Crippen LogP contribution in [-0.2, 0) is 17.5 Å². The Morgan fingerprint density at radius 2 is 1.70 bits per heavy atom. The van der Waals surface area contributed by atoms with Gasteiger partial charge in [0.05, 0.1) is 18.2 Å². The highest BCUT2D eigenvalue weighted by atomic mass is 19.4. The van der Waals surface area contributed by atoms with Crippen molar-refractivity contribution in [2.75, 3.05) is 24.6 Å². The van der Waals surface area contributed by atoms with Crippen LogP contribution < -0.4 is 25.0 Å². The Balaban J connectivity index is 1.35. The van der Waals surface area contributed by atoms with E-state index in [2.05, 4.69) is 20.6 Å². The summed E-state index contributed by atoms with van der Waals surface area (Å²) in [6.07, 6.45) is -4.41. The number of hydrogen-bond acceptors (Lipinski definition) is 7. The average Bonchev–Trinajstić information content (AvgIpc) is 3.41. The van der Waals surface area contributed by atoms with Gasteiger partial charge in [0.2, 0.25) is 5.95 Å². The molecule has 1 fully saturated rings. The zero-order valence-electron chi connectivity index (χ0n) is 23.0. The van der Waals surface area contributed by atoms with Crippen LogP contribution in [0.4, 0.5) is 23.5 Å². The summed E-state index contributed by atoms with van der Waals surface area (Å²) in [6.45, 7) is 0.0580. The predicted octanol–water partition coefficient (Wildman–Crippen LogP) is 4.38. The van der Waals surface area contributed by atoms with E-state index in [9.17, 15) is 27.2 Å². The number of nitrogens with zero attached hydrogens (tertiary/aromatic N) is 3. The molecule has 13 heteroatoms. The summed E-state index contributed by atoms with van der Waals surface area (Å²) in [5, 5.41) is 5.59. The van der Waals surface area contributed by atoms with E-state index in [1.807, 2.05) is 0 Å². The van der Waals surface area contributed by atoms with E-state index in [1.54, 1.807) is 48.5 Å². The van der Waals surface area contributed by atoms with Crippen LogP contribution in [0, 0.1) is 5.82 Å². The van der Waals surface area contributed by atoms with Crippen molar-refractivity contribution in [2.45, 2.75) is 24.9 Å². The minimum atomic E-state index is -4.67. The van der Waals surface area contributed by atoms with Crippen LogP contribution in [-0.4, -0.2) is 53.6 Å². The minimum absolute atomic E-state index is 0.00251. The van der Waals surface area contributed by atoms with E-state index >= 15 is 0 Å². The second-order valence-corrected chi connectivity index (χ2v) is 10.3. The Hall–Kier alpha value is -5.20. The van der Waals surface area contributed by atoms with Crippen LogP contribution in [0.15, 0.2) is 79.0 Å². The van der Waals surface area contributed by atoms with Crippen molar-refractivity contribution in [3.63, 3.8) is 0 Å². The van der Waals surface area contributed by atoms with Gasteiger partial charge in [0, 0.05) is 19.3 Å². The molecular formula is C31H25F4N5O4. The standard InChI is InChI=1S/C31H25F4N5O4/c32-24-9-6-20-13-23(24)29(42)38-25-15-40(30-36-11-10-27(39-30)31(33,34)35)16-26(25)44-21-7-4-18(5-8-21)14-37-28(41)17-43-22-3-1-2-19(20)12-22/h1-13,25-26H,14-17H2,(H,37,41)(H,38,42)/t25-,26-/m0/s1. The van der Waals surface area contributed by atoms with Gasteiger partial charge in [-0.05, 0) is 59.2 Å². The number of ether oxygens (including phenoxy) is 2. The third kappa shape index (κ3) is 6.41. The Bertz CT molecular complexity index is 1700. The molecule has 2 amide bonds. The van der Waals surface area contributed by atoms with Crippen LogP contribution in [0.2, 0.25) is 0 Å². The van der Waals surface area contributed by atoms with Crippen LogP contribution in [0.5, 0.6) is 11.5 Å². The van der Waals surface area contributed by atoms with E-state index in [0.29, 0.717) is 22.6 Å². The fourth-order valence-electron chi connectivity index (χ4n) is 5.01. The lowest BCUT2D eigenvalue weighted by Gasteiger charge is -2.21. The summed E-state index contributed by atoms with van der Waals surface area (Å²) in [5.74, 6) is -1.19. The summed E-state index contributed by atoms with van der Waals surface area (Å²) in [4.78, 5) is 35.0. The molecule has 1 saturated heterocycles. The quantitative estimate of drug-likeness (QED) is 0.310. The van der Waals surface area contributed by atoms with Gasteiger partial charge in [-0.3, -0.25) is 9.59 Å². The van der Waals surface area contributed by atoms with Crippen molar-refractivity contribution in [1.82, 2.24) is 20.6 Å². The summed E-state index contributed by atoms with van der Waals surface area (Å²) in [7, 11) is 0. The lowest BCUT2D eigenvalue weighted by Crippen LogP contribution is -2.45. The fraction of sp³-hybridized carbons (Fsp3) is 0.226. The lowest BCUT2D eigenvalue weighted by molar-refractivity contribution is -0.141. The maximum absolute atomic E-state index is 15.0. The number of rotatable bonds is 1. The molecule has 0 unspecified atom stereocenters. The minimum Gasteiger partial charge on any atom is -0.486 e. The van der Waals surface area contributed by atoms with Gasteiger partial charge in [0.25, 0.3) is 11.8 Å². The Morgan fingerprint density at radius 1 is 0.909 bits per heavy atom. The third-order valence-electron chi connectivity index (χ3n) is 7.25. The first kappa shape index (κ1) is 28.9. The largest absolute Gasteiger partial charge is 0.486 e. The molecule has 3 aliphatic rings. The van der Waals surface area contributed by atoms with Crippen LogP contribution >= 0.6 is 0 Å². The number of nitrogens with one attached hydrogen (secondary N) is 2. The monoisotopic (exact) mass is 607 g/mol. The van der Waals surface area contributed by atoms with Gasteiger partial charge in [0.1, 0.15) is 29.1 Å². The zero-order chi connectivity index (χ0) is 30.8. The zero-order valence-corrected chi connectivity index (χ0v) is 23.0. The molecule has 7 rings (SSSR count). The SMILES string of the molecule is O=C1COc2cccc(c2)-c2ccc(F)c(c2)C(=O)N[C@H]2CN(c3nccc(C(F)(F)F)n3)C[C@@H]2Oc2ccc(cc2)CN1. The van der Waals surface area contributed by atoms with Crippen molar-refractivity contribution in [1.29, 1.82) is 0 Å². The van der Waals surface area contributed by atoms with Gasteiger partial charge in [-0.2, -0.15) is 13.2 Å². The first-order valence-corrected chi connectivity index (χ1v) is 13.6. The number of anilines is 1. The molecule has 2 N–H and O–H groups in total. The number of alkyl halides is 3. The molecule has 3 aliphatic heterocycles. The van der Waals surface area contributed by atoms with Crippen LogP contribution in [0.25, 0.3) is 11.1 Å². The molecule has 4 heterocycles. The third-order valence-corrected chi connectivity index (χ3v) is 7.25. The summed E-state index contributed by atoms with van der Waals surface area (Å²) < 4.78 is 66.9. The van der Waals surface area contributed by atoms with Crippen molar-refractivity contribution in [3.8, 4) is 22.6 Å². The van der Waals surface area contributed by atoms with E-state index in [0.717, 1.165) is 17.8 Å². The fourth-order valence-corrected chi connectivity index (χ4v) is 5.01. The molecule has 9 nitrogen and oxygen atoms in total. The first-order chi connectivity index (χ1) is 21.1. The van der Waals surface area contributed by atoms with E-state index < -0.39 is 35.7 Å². The predicted molar refractivity (Wildman–Crippen MR) is 151 cm³/mol. The van der Waals surface area contributed by atoms with E-state index in [4.69, 9.17) is 9.47 Å². The van der Waals surface area contributed by atoms with Gasteiger partial charge in [0.15, 0.2) is 6.61 Å². The second kappa shape index (κ2) is 11.8. The number of carbonyl (C=O) groups is 2.